The van der Waals surface area contributed by atoms with Gasteiger partial charge >= 0.3 is 39.5 Å². The molecule has 3 N–H and O–H groups in total. The summed E-state index contributed by atoms with van der Waals surface area (Å²) in [5, 5.41) is 10.7. The Morgan fingerprint density at radius 3 is 0.689 bits per heavy atom. The summed E-state index contributed by atoms with van der Waals surface area (Å²) >= 11 is 0. The third-order valence-corrected chi connectivity index (χ3v) is 21.8. The van der Waals surface area contributed by atoms with Crippen molar-refractivity contribution in [1.82, 2.24) is 0 Å². The second-order valence-corrected chi connectivity index (χ2v) is 34.8. The molecule has 0 fully saturated rings. The van der Waals surface area contributed by atoms with Crippen LogP contribution in [0.1, 0.15) is 434 Å². The molecule has 0 bridgehead atoms. The Bertz CT molecular complexity index is 2010. The maximum atomic E-state index is 13.1. The number of rotatable bonds is 81. The van der Waals surface area contributed by atoms with Crippen molar-refractivity contribution in [3.63, 3.8) is 0 Å². The molecule has 103 heavy (non-hydrogen) atoms. The molecule has 0 aliphatic carbocycles. The Labute approximate surface area is 632 Å². The van der Waals surface area contributed by atoms with Gasteiger partial charge in [0.2, 0.25) is 0 Å². The van der Waals surface area contributed by atoms with Gasteiger partial charge in [0, 0.05) is 25.7 Å². The van der Waals surface area contributed by atoms with E-state index in [9.17, 15) is 43.2 Å². The van der Waals surface area contributed by atoms with Crippen LogP contribution in [0.3, 0.4) is 0 Å². The summed E-state index contributed by atoms with van der Waals surface area (Å²) in [6.45, 7) is 14.3. The molecule has 0 aromatic heterocycles. The maximum Gasteiger partial charge on any atom is 0.472 e. The normalized spacial score (nSPS) is 14.2. The van der Waals surface area contributed by atoms with Crippen LogP contribution in [0.2, 0.25) is 0 Å². The predicted octanol–water partition coefficient (Wildman–Crippen LogP) is 25.2. The van der Waals surface area contributed by atoms with Gasteiger partial charge in [-0.1, -0.05) is 383 Å². The van der Waals surface area contributed by atoms with Gasteiger partial charge in [0.15, 0.2) is 12.2 Å². The van der Waals surface area contributed by atoms with Crippen molar-refractivity contribution in [3.8, 4) is 0 Å². The lowest BCUT2D eigenvalue weighted by atomic mass is 9.99. The highest BCUT2D eigenvalue weighted by Crippen LogP contribution is 2.45. The molecule has 0 amide bonds. The number of aliphatic hydroxyl groups is 1. The lowest BCUT2D eigenvalue weighted by Crippen LogP contribution is -2.30. The molecule has 0 aromatic rings. The zero-order chi connectivity index (χ0) is 76.0. The van der Waals surface area contributed by atoms with Crippen molar-refractivity contribution in [2.45, 2.75) is 453 Å². The van der Waals surface area contributed by atoms with Gasteiger partial charge in [0.25, 0.3) is 0 Å². The van der Waals surface area contributed by atoms with Crippen molar-refractivity contribution < 1.29 is 80.2 Å². The largest absolute Gasteiger partial charge is 0.472 e. The van der Waals surface area contributed by atoms with E-state index >= 15 is 0 Å². The number of hydrogen-bond acceptors (Lipinski definition) is 15. The second-order valence-electron chi connectivity index (χ2n) is 31.9. The number of carbonyl (C=O) groups excluding carboxylic acids is 4. The first-order chi connectivity index (χ1) is 49.6. The van der Waals surface area contributed by atoms with Crippen LogP contribution in [0.5, 0.6) is 0 Å². The highest BCUT2D eigenvalue weighted by Gasteiger charge is 2.30. The smallest absolute Gasteiger partial charge is 0.462 e. The maximum absolute atomic E-state index is 13.1. The SMILES string of the molecule is CCC(C)CCCCCCCCCCCCCCCCCCCCC(=O)O[C@H](COC(=O)CCCCCCCCCC(C)C)COP(=O)(O)OCC(O)COP(=O)(O)OC[C@@H](COC(=O)CCCCCCCCCCCCCCCC(C)C)OC(=O)CCCCCCCCCCCCCCC(C)C. The fourth-order valence-corrected chi connectivity index (χ4v) is 14.5. The van der Waals surface area contributed by atoms with Gasteiger partial charge in [0.1, 0.15) is 19.3 Å². The number of aliphatic hydroxyl groups excluding tert-OH is 1. The molecule has 0 spiro atoms. The monoisotopic (exact) mass is 1510 g/mol. The number of phosphoric acid groups is 2. The molecule has 4 unspecified atom stereocenters. The van der Waals surface area contributed by atoms with E-state index in [0.29, 0.717) is 31.6 Å². The minimum atomic E-state index is -4.96. The molecule has 0 aliphatic rings. The Morgan fingerprint density at radius 1 is 0.272 bits per heavy atom. The molecule has 0 saturated carbocycles. The van der Waals surface area contributed by atoms with E-state index in [1.54, 1.807) is 0 Å². The van der Waals surface area contributed by atoms with E-state index in [2.05, 4.69) is 55.4 Å². The minimum absolute atomic E-state index is 0.107. The van der Waals surface area contributed by atoms with Crippen molar-refractivity contribution in [1.29, 1.82) is 0 Å². The van der Waals surface area contributed by atoms with E-state index in [-0.39, 0.29) is 25.7 Å². The van der Waals surface area contributed by atoms with Crippen LogP contribution in [-0.4, -0.2) is 96.7 Å². The highest BCUT2D eigenvalue weighted by molar-refractivity contribution is 7.47. The summed E-state index contributed by atoms with van der Waals surface area (Å²) in [6, 6.07) is 0. The molecule has 17 nitrogen and oxygen atoms in total. The molecule has 0 heterocycles. The zero-order valence-corrected chi connectivity index (χ0v) is 69.7. The summed E-state index contributed by atoms with van der Waals surface area (Å²) in [7, 11) is -9.93. The van der Waals surface area contributed by atoms with Gasteiger partial charge in [-0.2, -0.15) is 0 Å². The van der Waals surface area contributed by atoms with Gasteiger partial charge in [-0.05, 0) is 49.4 Å². The molecule has 0 saturated heterocycles. The van der Waals surface area contributed by atoms with E-state index in [4.69, 9.17) is 37.0 Å². The molecule has 612 valence electrons. The number of carbonyl (C=O) groups is 4. The van der Waals surface area contributed by atoms with Gasteiger partial charge in [-0.25, -0.2) is 9.13 Å². The van der Waals surface area contributed by atoms with Crippen molar-refractivity contribution in [3.05, 3.63) is 0 Å². The standard InChI is InChI=1S/C84H164O17P2/c1-9-77(8)63-55-47-39-31-25-18-14-12-10-11-13-15-19-27-33-41-50-58-66-83(88)101-80(71-95-82(87)65-57-49-43-35-38-46-54-62-76(6)7)73-99-103(92,93)97-69-78(85)68-96-102(90,91)98-72-79(100-84(89)67-59-51-42-34-28-22-21-24-30-37-45-53-61-75(4)5)70-94-81(86)64-56-48-40-32-26-20-16-17-23-29-36-44-52-60-74(2)3/h74-80,85H,9-73H2,1-8H3,(H,90,91)(H,92,93)/t77?,78?,79-,80-/m1/s1. The fraction of sp³-hybridized carbons (Fsp3) is 0.952. The first-order valence-electron chi connectivity index (χ1n) is 43.2. The van der Waals surface area contributed by atoms with E-state index in [1.165, 1.54) is 231 Å². The Balaban J connectivity index is 5.20. The highest BCUT2D eigenvalue weighted by atomic mass is 31.2. The third-order valence-electron chi connectivity index (χ3n) is 19.9. The molecule has 0 aliphatic heterocycles. The molecule has 0 rings (SSSR count). The molecule has 19 heteroatoms. The molecule has 0 radical (unpaired) electrons. The summed E-state index contributed by atoms with van der Waals surface area (Å²) in [5.74, 6) is 1.03. The van der Waals surface area contributed by atoms with Crippen LogP contribution in [0.15, 0.2) is 0 Å². The van der Waals surface area contributed by atoms with Crippen molar-refractivity contribution >= 4 is 39.5 Å². The van der Waals surface area contributed by atoms with Crippen LogP contribution in [0, 0.1) is 23.7 Å². The van der Waals surface area contributed by atoms with E-state index in [1.807, 2.05) is 0 Å². The minimum Gasteiger partial charge on any atom is -0.462 e. The third kappa shape index (κ3) is 76.6. The van der Waals surface area contributed by atoms with Crippen LogP contribution in [0.4, 0.5) is 0 Å². The summed E-state index contributed by atoms with van der Waals surface area (Å²) < 4.78 is 68.8. The number of ether oxygens (including phenoxy) is 4. The van der Waals surface area contributed by atoms with Gasteiger partial charge in [-0.3, -0.25) is 37.3 Å². The van der Waals surface area contributed by atoms with Gasteiger partial charge < -0.3 is 33.8 Å². The van der Waals surface area contributed by atoms with E-state index in [0.717, 1.165) is 114 Å². The van der Waals surface area contributed by atoms with Crippen LogP contribution in [-0.2, 0) is 65.4 Å². The number of hydrogen-bond donors (Lipinski definition) is 3. The predicted molar refractivity (Wildman–Crippen MR) is 423 cm³/mol. The fourth-order valence-electron chi connectivity index (χ4n) is 12.9. The molecular formula is C84H164O17P2. The summed E-state index contributed by atoms with van der Waals surface area (Å²) in [6.07, 6.45) is 61.1. The Kier molecular flexibility index (Phi) is 71.5. The summed E-state index contributed by atoms with van der Waals surface area (Å²) in [5.41, 5.74) is 0. The molecule has 6 atom stereocenters. The van der Waals surface area contributed by atoms with Crippen LogP contribution < -0.4 is 0 Å². The Morgan fingerprint density at radius 2 is 0.466 bits per heavy atom. The van der Waals surface area contributed by atoms with Gasteiger partial charge in [0.05, 0.1) is 26.4 Å². The topological polar surface area (TPSA) is 237 Å². The number of unbranched alkanes of at least 4 members (excludes halogenated alkanes) is 46. The molecular weight excluding hydrogens is 1340 g/mol. The molecule has 0 aromatic carbocycles. The van der Waals surface area contributed by atoms with Crippen LogP contribution >= 0.6 is 15.6 Å². The van der Waals surface area contributed by atoms with E-state index < -0.39 is 97.5 Å². The van der Waals surface area contributed by atoms with Crippen molar-refractivity contribution in [2.75, 3.05) is 39.6 Å². The average Bonchev–Trinajstić information content (AvgIpc) is 0.944. The zero-order valence-electron chi connectivity index (χ0n) is 68.0. The average molecular weight is 1510 g/mol. The van der Waals surface area contributed by atoms with Crippen molar-refractivity contribution in [2.24, 2.45) is 23.7 Å². The first-order valence-corrected chi connectivity index (χ1v) is 46.2. The lowest BCUT2D eigenvalue weighted by molar-refractivity contribution is -0.161. The quantitative estimate of drug-likeness (QED) is 0.0222. The number of phosphoric ester groups is 2. The first kappa shape index (κ1) is 101. The lowest BCUT2D eigenvalue weighted by Gasteiger charge is -2.21. The number of esters is 4. The Hall–Kier alpha value is -1.94. The second kappa shape index (κ2) is 72.9. The summed E-state index contributed by atoms with van der Waals surface area (Å²) in [4.78, 5) is 73.1. The van der Waals surface area contributed by atoms with Gasteiger partial charge in [-0.15, -0.1) is 0 Å². The van der Waals surface area contributed by atoms with Crippen LogP contribution in [0.25, 0.3) is 0 Å².